The lowest BCUT2D eigenvalue weighted by Gasteiger charge is -2.44. The molecule has 1 fully saturated rings. The first-order chi connectivity index (χ1) is 16.1. The fourth-order valence-corrected chi connectivity index (χ4v) is 6.17. The molecule has 0 aromatic heterocycles. The van der Waals surface area contributed by atoms with Gasteiger partial charge < -0.3 is 14.2 Å². The van der Waals surface area contributed by atoms with Gasteiger partial charge in [-0.25, -0.2) is 9.28 Å². The third-order valence-corrected chi connectivity index (χ3v) is 8.01. The van der Waals surface area contributed by atoms with E-state index in [0.29, 0.717) is 34.9 Å². The number of carbonyl (C=O) groups is 1. The molecule has 1 aliphatic carbocycles. The summed E-state index contributed by atoms with van der Waals surface area (Å²) in [5.74, 6) is 2.26. The minimum atomic E-state index is -0.851. The topological polar surface area (TPSA) is 44.8 Å². The van der Waals surface area contributed by atoms with E-state index < -0.39 is 5.41 Å². The zero-order valence-electron chi connectivity index (χ0n) is 18.3. The van der Waals surface area contributed by atoms with Gasteiger partial charge in [-0.05, 0) is 31.0 Å². The number of fused-ring (bicyclic) bond motifs is 5. The maximum Gasteiger partial charge on any atom is 0.338 e. The molecule has 164 valence electrons. The Balaban J connectivity index is 1.46. The van der Waals surface area contributed by atoms with Crippen molar-refractivity contribution < 1.29 is 19.0 Å². The lowest BCUT2D eigenvalue weighted by Crippen LogP contribution is -2.64. The van der Waals surface area contributed by atoms with Crippen LogP contribution < -0.4 is 18.7 Å². The fraction of sp³-hybridized carbons (Fsp3) is 0.286. The van der Waals surface area contributed by atoms with E-state index in [9.17, 15) is 4.79 Å². The Morgan fingerprint density at radius 3 is 2.42 bits per heavy atom. The van der Waals surface area contributed by atoms with Crippen LogP contribution in [-0.2, 0) is 16.8 Å². The van der Waals surface area contributed by atoms with Crippen LogP contribution in [0.2, 0.25) is 0 Å². The zero-order valence-corrected chi connectivity index (χ0v) is 18.3. The van der Waals surface area contributed by atoms with Crippen LogP contribution in [0.4, 0.5) is 5.69 Å². The lowest BCUT2D eigenvalue weighted by atomic mass is 9.76. The summed E-state index contributed by atoms with van der Waals surface area (Å²) in [4.78, 5) is 14.9. The maximum absolute atomic E-state index is 14.9. The van der Waals surface area contributed by atoms with Crippen molar-refractivity contribution in [3.05, 3.63) is 89.8 Å². The molecule has 3 aromatic rings. The standard InChI is InChI=1S/C28H24NO4/c1-18-9-11-19(12-10-18)15-29(20-5-4-6-20)23-8-3-2-7-21(23)28(27(29)30)16-31-24-14-26-25(13-22(24)28)32-17-33-26/h1-3,7-14,20H,4-6,15-17H2/q+1. The molecule has 0 N–H and O–H groups in total. The summed E-state index contributed by atoms with van der Waals surface area (Å²) in [6, 6.07) is 20.4. The summed E-state index contributed by atoms with van der Waals surface area (Å²) in [6.07, 6.45) is 3.24. The molecular formula is C28H24NO4+. The molecular weight excluding hydrogens is 414 g/mol. The number of rotatable bonds is 3. The first kappa shape index (κ1) is 19.2. The third-order valence-electron chi connectivity index (χ3n) is 8.01. The normalized spacial score (nSPS) is 26.8. The van der Waals surface area contributed by atoms with Crippen LogP contribution in [0.25, 0.3) is 0 Å². The number of benzene rings is 3. The number of carbonyl (C=O) groups excluding carboxylic acids is 1. The molecule has 2 radical (unpaired) electrons. The number of hydrogen-bond donors (Lipinski definition) is 0. The van der Waals surface area contributed by atoms with Crippen LogP contribution in [0.5, 0.6) is 17.2 Å². The summed E-state index contributed by atoms with van der Waals surface area (Å²) in [7, 11) is 0. The molecule has 3 aromatic carbocycles. The molecule has 1 spiro atoms. The molecule has 2 unspecified atom stereocenters. The molecule has 1 saturated carbocycles. The van der Waals surface area contributed by atoms with E-state index >= 15 is 0 Å². The van der Waals surface area contributed by atoms with Gasteiger partial charge in [-0.1, -0.05) is 42.5 Å². The van der Waals surface area contributed by atoms with Crippen LogP contribution in [0.3, 0.4) is 0 Å². The lowest BCUT2D eigenvalue weighted by molar-refractivity contribution is -0.137. The number of ether oxygens (including phenoxy) is 3. The second kappa shape index (κ2) is 6.61. The van der Waals surface area contributed by atoms with E-state index in [4.69, 9.17) is 21.1 Å². The summed E-state index contributed by atoms with van der Waals surface area (Å²) < 4.78 is 17.8. The van der Waals surface area contributed by atoms with Gasteiger partial charge in [-0.15, -0.1) is 0 Å². The Bertz CT molecular complexity index is 1300. The quantitative estimate of drug-likeness (QED) is 0.554. The zero-order chi connectivity index (χ0) is 22.2. The predicted octanol–water partition coefficient (Wildman–Crippen LogP) is 4.75. The van der Waals surface area contributed by atoms with Gasteiger partial charge in [0.15, 0.2) is 16.9 Å². The summed E-state index contributed by atoms with van der Waals surface area (Å²) in [6.45, 7) is 7.05. The molecule has 1 amide bonds. The molecule has 5 heteroatoms. The first-order valence-corrected chi connectivity index (χ1v) is 11.6. The van der Waals surface area contributed by atoms with E-state index in [1.165, 1.54) is 0 Å². The first-order valence-electron chi connectivity index (χ1n) is 11.6. The highest BCUT2D eigenvalue weighted by Crippen LogP contribution is 2.59. The van der Waals surface area contributed by atoms with Crippen molar-refractivity contribution in [1.29, 1.82) is 0 Å². The number of quaternary nitrogens is 1. The third kappa shape index (κ3) is 2.38. The average Bonchev–Trinajstić information content (AvgIpc) is 3.45. The summed E-state index contributed by atoms with van der Waals surface area (Å²) in [5, 5.41) is 0. The second-order valence-corrected chi connectivity index (χ2v) is 9.57. The van der Waals surface area contributed by atoms with Crippen LogP contribution in [0.15, 0.2) is 60.7 Å². The Morgan fingerprint density at radius 2 is 1.67 bits per heavy atom. The second-order valence-electron chi connectivity index (χ2n) is 9.57. The van der Waals surface area contributed by atoms with Crippen molar-refractivity contribution in [2.45, 2.75) is 37.3 Å². The fourth-order valence-electron chi connectivity index (χ4n) is 6.17. The Hall–Kier alpha value is -3.31. The van der Waals surface area contributed by atoms with Crippen LogP contribution in [0, 0.1) is 6.92 Å². The van der Waals surface area contributed by atoms with Crippen molar-refractivity contribution in [3.63, 3.8) is 0 Å². The van der Waals surface area contributed by atoms with Crippen LogP contribution in [-0.4, -0.2) is 25.3 Å². The molecule has 33 heavy (non-hydrogen) atoms. The van der Waals surface area contributed by atoms with Crippen molar-refractivity contribution in [2.24, 2.45) is 0 Å². The SMILES string of the molecule is [CH]c1ccc(C[N+]2(C3CCC3)C(=O)C3(COc4cc5c(cc43)OCO5)c3ccccc32)cc1. The highest BCUT2D eigenvalue weighted by Gasteiger charge is 2.69. The molecule has 3 heterocycles. The summed E-state index contributed by atoms with van der Waals surface area (Å²) in [5.41, 5.74) is 4.03. The van der Waals surface area contributed by atoms with E-state index in [1.54, 1.807) is 0 Å². The van der Waals surface area contributed by atoms with Crippen molar-refractivity contribution >= 4 is 11.6 Å². The van der Waals surface area contributed by atoms with Gasteiger partial charge in [-0.2, -0.15) is 0 Å². The maximum atomic E-state index is 14.9. The van der Waals surface area contributed by atoms with Gasteiger partial charge in [0.05, 0.1) is 0 Å². The van der Waals surface area contributed by atoms with Gasteiger partial charge in [0, 0.05) is 35.6 Å². The monoisotopic (exact) mass is 438 g/mol. The highest BCUT2D eigenvalue weighted by molar-refractivity contribution is 6.08. The molecule has 2 atom stereocenters. The number of amides is 1. The van der Waals surface area contributed by atoms with Gasteiger partial charge in [0.1, 0.15) is 30.6 Å². The van der Waals surface area contributed by atoms with Gasteiger partial charge >= 0.3 is 5.91 Å². The van der Waals surface area contributed by atoms with Crippen LogP contribution in [0.1, 0.15) is 41.5 Å². The molecule has 7 rings (SSSR count). The number of hydrogen-bond acceptors (Lipinski definition) is 4. The Kier molecular flexibility index (Phi) is 3.84. The Morgan fingerprint density at radius 1 is 0.909 bits per heavy atom. The minimum Gasteiger partial charge on any atom is -0.491 e. The molecule has 0 saturated heterocycles. The predicted molar refractivity (Wildman–Crippen MR) is 123 cm³/mol. The van der Waals surface area contributed by atoms with Crippen molar-refractivity contribution in [3.8, 4) is 17.2 Å². The van der Waals surface area contributed by atoms with Crippen molar-refractivity contribution in [1.82, 2.24) is 4.48 Å². The van der Waals surface area contributed by atoms with Gasteiger partial charge in [0.2, 0.25) is 6.79 Å². The smallest absolute Gasteiger partial charge is 0.338 e. The molecule has 5 nitrogen and oxygen atoms in total. The molecule has 3 aliphatic heterocycles. The van der Waals surface area contributed by atoms with Crippen LogP contribution >= 0.6 is 0 Å². The summed E-state index contributed by atoms with van der Waals surface area (Å²) >= 11 is 0. The highest BCUT2D eigenvalue weighted by atomic mass is 16.7. The average molecular weight is 439 g/mol. The van der Waals surface area contributed by atoms with E-state index in [1.807, 2.05) is 42.5 Å². The molecule has 4 aliphatic rings. The number of nitrogens with zero attached hydrogens (tertiary/aromatic N) is 1. The number of para-hydroxylation sites is 1. The van der Waals surface area contributed by atoms with E-state index in [2.05, 4.69) is 18.2 Å². The molecule has 0 bridgehead atoms. The largest absolute Gasteiger partial charge is 0.491 e. The van der Waals surface area contributed by atoms with E-state index in [0.717, 1.165) is 47.2 Å². The van der Waals surface area contributed by atoms with Gasteiger partial charge in [0.25, 0.3) is 0 Å². The van der Waals surface area contributed by atoms with E-state index in [-0.39, 0.29) is 18.7 Å². The van der Waals surface area contributed by atoms with Gasteiger partial charge in [-0.3, -0.25) is 0 Å². The Labute approximate surface area is 193 Å². The van der Waals surface area contributed by atoms with Crippen molar-refractivity contribution in [2.75, 3.05) is 13.4 Å². The minimum absolute atomic E-state index is 0.189.